The van der Waals surface area contributed by atoms with Gasteiger partial charge in [0.05, 0.1) is 21.8 Å². The predicted octanol–water partition coefficient (Wildman–Crippen LogP) is 2.92. The van der Waals surface area contributed by atoms with E-state index < -0.39 is 28.0 Å². The maximum absolute atomic E-state index is 13.1. The van der Waals surface area contributed by atoms with Crippen molar-refractivity contribution in [2.24, 2.45) is 0 Å². The molecule has 9 nitrogen and oxygen atoms in total. The van der Waals surface area contributed by atoms with Crippen LogP contribution in [0.15, 0.2) is 47.4 Å². The Morgan fingerprint density at radius 1 is 1.03 bits per heavy atom. The van der Waals surface area contributed by atoms with E-state index in [9.17, 15) is 22.8 Å². The summed E-state index contributed by atoms with van der Waals surface area (Å²) < 4.78 is 31.8. The Balaban J connectivity index is 1.86. The normalized spacial score (nSPS) is 14.7. The third-order valence-electron chi connectivity index (χ3n) is 5.63. The fraction of sp³-hybridized carbons (Fsp3) is 0.375. The van der Waals surface area contributed by atoms with Crippen molar-refractivity contribution < 1.29 is 27.5 Å². The van der Waals surface area contributed by atoms with Gasteiger partial charge >= 0.3 is 5.97 Å². The number of sulfonamides is 1. The standard InChI is InChI=1S/C24H29N3O6S/c1-16(28)19-9-5-6-10-21(19)25-23(29)17(2)33-24(30)20-15-18(34(31,32)26(3)4)11-12-22(20)27-13-7-8-14-27/h5-6,9-12,15,17H,7-8,13-14H2,1-4H3,(H,25,29). The van der Waals surface area contributed by atoms with Crippen LogP contribution in [0.1, 0.15) is 47.4 Å². The monoisotopic (exact) mass is 487 g/mol. The number of nitrogens with one attached hydrogen (secondary N) is 1. The van der Waals surface area contributed by atoms with Crippen LogP contribution in [0, 0.1) is 0 Å². The molecule has 1 aliphatic heterocycles. The number of rotatable bonds is 8. The molecule has 1 unspecified atom stereocenters. The number of hydrogen-bond donors (Lipinski definition) is 1. The van der Waals surface area contributed by atoms with Gasteiger partial charge in [-0.25, -0.2) is 17.5 Å². The summed E-state index contributed by atoms with van der Waals surface area (Å²) in [6, 6.07) is 10.9. The number of carbonyl (C=O) groups is 3. The van der Waals surface area contributed by atoms with Gasteiger partial charge < -0.3 is 15.0 Å². The van der Waals surface area contributed by atoms with Crippen LogP contribution in [0.2, 0.25) is 0 Å². The minimum absolute atomic E-state index is 0.0418. The van der Waals surface area contributed by atoms with Crippen LogP contribution < -0.4 is 10.2 Å². The van der Waals surface area contributed by atoms with Crippen LogP contribution in [-0.4, -0.2) is 63.7 Å². The van der Waals surface area contributed by atoms with Crippen molar-refractivity contribution in [2.75, 3.05) is 37.4 Å². The Morgan fingerprint density at radius 2 is 1.68 bits per heavy atom. The molecule has 1 N–H and O–H groups in total. The lowest BCUT2D eigenvalue weighted by Crippen LogP contribution is -2.31. The topological polar surface area (TPSA) is 113 Å². The highest BCUT2D eigenvalue weighted by Crippen LogP contribution is 2.29. The number of nitrogens with zero attached hydrogens (tertiary/aromatic N) is 2. The predicted molar refractivity (Wildman–Crippen MR) is 129 cm³/mol. The third-order valence-corrected chi connectivity index (χ3v) is 7.44. The fourth-order valence-electron chi connectivity index (χ4n) is 3.69. The van der Waals surface area contributed by atoms with Gasteiger partial charge in [0, 0.05) is 32.7 Å². The first-order valence-electron chi connectivity index (χ1n) is 11.0. The molecule has 0 saturated carbocycles. The number of ether oxygens (including phenoxy) is 1. The van der Waals surface area contributed by atoms with E-state index >= 15 is 0 Å². The van der Waals surface area contributed by atoms with Crippen molar-refractivity contribution in [1.29, 1.82) is 0 Å². The number of amides is 1. The molecule has 34 heavy (non-hydrogen) atoms. The van der Waals surface area contributed by atoms with Crippen molar-refractivity contribution in [3.8, 4) is 0 Å². The first-order chi connectivity index (χ1) is 16.0. The van der Waals surface area contributed by atoms with Gasteiger partial charge in [-0.05, 0) is 57.0 Å². The molecule has 1 heterocycles. The molecule has 1 amide bonds. The highest BCUT2D eigenvalue weighted by Gasteiger charge is 2.27. The van der Waals surface area contributed by atoms with Crippen LogP contribution in [-0.2, 0) is 19.6 Å². The van der Waals surface area contributed by atoms with Crippen LogP contribution in [0.25, 0.3) is 0 Å². The maximum Gasteiger partial charge on any atom is 0.341 e. The van der Waals surface area contributed by atoms with Crippen molar-refractivity contribution in [1.82, 2.24) is 4.31 Å². The van der Waals surface area contributed by atoms with Crippen molar-refractivity contribution >= 4 is 39.1 Å². The van der Waals surface area contributed by atoms with Gasteiger partial charge in [-0.1, -0.05) is 12.1 Å². The number of Topliss-reactive ketones (excluding diaryl/α,β-unsaturated/α-hetero) is 1. The molecule has 0 aliphatic carbocycles. The number of hydrogen-bond acceptors (Lipinski definition) is 7. The summed E-state index contributed by atoms with van der Waals surface area (Å²) in [7, 11) is -0.956. The van der Waals surface area contributed by atoms with E-state index in [-0.39, 0.29) is 16.2 Å². The summed E-state index contributed by atoms with van der Waals surface area (Å²) in [5.74, 6) is -1.63. The lowest BCUT2D eigenvalue weighted by atomic mass is 10.1. The van der Waals surface area contributed by atoms with Gasteiger partial charge in [0.25, 0.3) is 5.91 Å². The molecule has 0 spiro atoms. The maximum atomic E-state index is 13.1. The van der Waals surface area contributed by atoms with E-state index in [1.54, 1.807) is 30.3 Å². The Labute approximate surface area is 199 Å². The van der Waals surface area contributed by atoms with E-state index in [0.717, 1.165) is 30.2 Å². The summed E-state index contributed by atoms with van der Waals surface area (Å²) in [6.45, 7) is 4.28. The van der Waals surface area contributed by atoms with Crippen LogP contribution in [0.5, 0.6) is 0 Å². The van der Waals surface area contributed by atoms with Gasteiger partial charge in [-0.15, -0.1) is 0 Å². The zero-order valence-corrected chi connectivity index (χ0v) is 20.5. The molecule has 3 rings (SSSR count). The minimum Gasteiger partial charge on any atom is -0.449 e. The number of esters is 1. The van der Waals surface area contributed by atoms with Crippen LogP contribution in [0.3, 0.4) is 0 Å². The Morgan fingerprint density at radius 3 is 2.29 bits per heavy atom. The number of ketones is 1. The largest absolute Gasteiger partial charge is 0.449 e. The zero-order valence-electron chi connectivity index (χ0n) is 19.7. The average Bonchev–Trinajstić information content (AvgIpc) is 3.33. The molecular formula is C24H29N3O6S. The lowest BCUT2D eigenvalue weighted by Gasteiger charge is -2.23. The molecule has 2 aromatic rings. The highest BCUT2D eigenvalue weighted by atomic mass is 32.2. The van der Waals surface area contributed by atoms with Gasteiger partial charge in [0.1, 0.15) is 0 Å². The minimum atomic E-state index is -3.78. The molecule has 182 valence electrons. The summed E-state index contributed by atoms with van der Waals surface area (Å²) in [5, 5.41) is 2.62. The van der Waals surface area contributed by atoms with Crippen molar-refractivity contribution in [3.63, 3.8) is 0 Å². The molecule has 0 bridgehead atoms. The number of anilines is 2. The van der Waals surface area contributed by atoms with Crippen molar-refractivity contribution in [3.05, 3.63) is 53.6 Å². The second kappa shape index (κ2) is 10.4. The van der Waals surface area contributed by atoms with E-state index in [0.29, 0.717) is 16.9 Å². The number of carbonyl (C=O) groups excluding carboxylic acids is 3. The lowest BCUT2D eigenvalue weighted by molar-refractivity contribution is -0.123. The molecule has 0 aromatic heterocycles. The molecule has 0 radical (unpaired) electrons. The average molecular weight is 488 g/mol. The molecule has 2 aromatic carbocycles. The van der Waals surface area contributed by atoms with Gasteiger partial charge in [-0.2, -0.15) is 0 Å². The summed E-state index contributed by atoms with van der Waals surface area (Å²) in [6.07, 6.45) is 0.731. The summed E-state index contributed by atoms with van der Waals surface area (Å²) in [4.78, 5) is 39.6. The smallest absolute Gasteiger partial charge is 0.341 e. The third kappa shape index (κ3) is 5.45. The SMILES string of the molecule is CC(=O)c1ccccc1NC(=O)C(C)OC(=O)c1cc(S(=O)(=O)N(C)C)ccc1N1CCCC1. The van der Waals surface area contributed by atoms with E-state index in [1.165, 1.54) is 40.1 Å². The van der Waals surface area contributed by atoms with Crippen LogP contribution in [0.4, 0.5) is 11.4 Å². The molecule has 1 fully saturated rings. The molecule has 1 atom stereocenters. The van der Waals surface area contributed by atoms with Gasteiger partial charge in [0.2, 0.25) is 10.0 Å². The first-order valence-corrected chi connectivity index (χ1v) is 12.4. The first kappa shape index (κ1) is 25.4. The molecular weight excluding hydrogens is 458 g/mol. The van der Waals surface area contributed by atoms with Crippen LogP contribution >= 0.6 is 0 Å². The Kier molecular flexibility index (Phi) is 7.73. The number of para-hydroxylation sites is 1. The highest BCUT2D eigenvalue weighted by molar-refractivity contribution is 7.89. The van der Waals surface area contributed by atoms with Crippen molar-refractivity contribution in [2.45, 2.75) is 37.7 Å². The second-order valence-corrected chi connectivity index (χ2v) is 10.5. The Hall–Kier alpha value is -3.24. The summed E-state index contributed by atoms with van der Waals surface area (Å²) >= 11 is 0. The van der Waals surface area contributed by atoms with E-state index in [2.05, 4.69) is 5.32 Å². The number of benzene rings is 2. The quantitative estimate of drug-likeness (QED) is 0.450. The zero-order chi connectivity index (χ0) is 25.0. The summed E-state index contributed by atoms with van der Waals surface area (Å²) in [5.41, 5.74) is 1.30. The second-order valence-electron chi connectivity index (χ2n) is 8.30. The van der Waals surface area contributed by atoms with Gasteiger partial charge in [-0.3, -0.25) is 9.59 Å². The molecule has 1 aliphatic rings. The molecule has 1 saturated heterocycles. The fourth-order valence-corrected chi connectivity index (χ4v) is 4.62. The molecule has 10 heteroatoms. The van der Waals surface area contributed by atoms with E-state index in [1.807, 2.05) is 4.90 Å². The Bertz CT molecular complexity index is 1200. The van der Waals surface area contributed by atoms with Gasteiger partial charge in [0.15, 0.2) is 11.9 Å². The van der Waals surface area contributed by atoms with E-state index in [4.69, 9.17) is 4.74 Å².